The van der Waals surface area contributed by atoms with Crippen LogP contribution in [-0.4, -0.2) is 40.3 Å². The van der Waals surface area contributed by atoms with Crippen LogP contribution in [0.2, 0.25) is 0 Å². The van der Waals surface area contributed by atoms with Gasteiger partial charge in [0.15, 0.2) is 0 Å². The molecule has 0 radical (unpaired) electrons. The minimum atomic E-state index is -0.146. The van der Waals surface area contributed by atoms with Crippen LogP contribution < -0.4 is 0 Å². The number of fused-ring (bicyclic) bond motifs is 1. The molecule has 0 N–H and O–H groups in total. The molecular weight excluding hydrogens is 426 g/mol. The summed E-state index contributed by atoms with van der Waals surface area (Å²) in [5.74, 6) is -0.146. The van der Waals surface area contributed by atoms with Crippen molar-refractivity contribution < 1.29 is 9.53 Å². The van der Waals surface area contributed by atoms with Crippen molar-refractivity contribution in [3.8, 4) is 0 Å². The fourth-order valence-electron chi connectivity index (χ4n) is 5.66. The van der Waals surface area contributed by atoms with Crippen molar-refractivity contribution in [3.63, 3.8) is 0 Å². The number of hydrogen-bond donors (Lipinski definition) is 0. The van der Waals surface area contributed by atoms with Crippen LogP contribution in [0, 0.1) is 0 Å². The zero-order valence-corrected chi connectivity index (χ0v) is 21.9. The molecule has 0 spiro atoms. The molecule has 2 saturated heterocycles. The molecule has 1 aromatic rings. The number of thioether (sulfide) groups is 1. The first-order chi connectivity index (χ1) is 16.1. The van der Waals surface area contributed by atoms with Crippen LogP contribution in [0.5, 0.6) is 0 Å². The molecule has 5 atom stereocenters. The molecule has 33 heavy (non-hydrogen) atoms. The van der Waals surface area contributed by atoms with Crippen LogP contribution in [-0.2, 0) is 9.53 Å². The van der Waals surface area contributed by atoms with Gasteiger partial charge in [-0.3, -0.25) is 9.69 Å². The molecule has 1 unspecified atom stereocenters. The van der Waals surface area contributed by atoms with Gasteiger partial charge in [-0.1, -0.05) is 82.2 Å². The van der Waals surface area contributed by atoms with Crippen molar-refractivity contribution in [2.45, 2.75) is 132 Å². The molecule has 2 aliphatic rings. The maximum atomic E-state index is 11.6. The van der Waals surface area contributed by atoms with Gasteiger partial charge < -0.3 is 4.74 Å². The number of esters is 1. The smallest absolute Gasteiger partial charge is 0.302 e. The van der Waals surface area contributed by atoms with E-state index in [1.165, 1.54) is 69.1 Å². The zero-order chi connectivity index (χ0) is 23.5. The van der Waals surface area contributed by atoms with Gasteiger partial charge in [0.05, 0.1) is 0 Å². The highest BCUT2D eigenvalue weighted by atomic mass is 32.2. The number of hydrogen-bond acceptors (Lipinski definition) is 4. The highest BCUT2D eigenvalue weighted by Gasteiger charge is 2.41. The first-order valence-corrected chi connectivity index (χ1v) is 14.3. The Bertz CT molecular complexity index is 722. The summed E-state index contributed by atoms with van der Waals surface area (Å²) in [4.78, 5) is 15.6. The third-order valence-electron chi connectivity index (χ3n) is 7.37. The average molecular weight is 472 g/mol. The Morgan fingerprint density at radius 2 is 1.85 bits per heavy atom. The number of ether oxygens (including phenoxy) is 1. The fraction of sp³-hybridized carbons (Fsp3) is 0.690. The normalized spacial score (nSPS) is 26.8. The highest BCUT2D eigenvalue weighted by molar-refractivity contribution is 8.00. The van der Waals surface area contributed by atoms with E-state index in [2.05, 4.69) is 61.2 Å². The van der Waals surface area contributed by atoms with E-state index in [1.54, 1.807) is 6.92 Å². The largest absolute Gasteiger partial charge is 0.461 e. The number of rotatable bonds is 12. The Morgan fingerprint density at radius 3 is 2.61 bits per heavy atom. The van der Waals surface area contributed by atoms with Crippen LogP contribution in [0.15, 0.2) is 47.4 Å². The molecule has 0 aliphatic carbocycles. The quantitative estimate of drug-likeness (QED) is 0.135. The number of carbonyl (C=O) groups excluding carboxylic acids is 1. The van der Waals surface area contributed by atoms with Gasteiger partial charge in [-0.15, -0.1) is 11.8 Å². The van der Waals surface area contributed by atoms with Crippen LogP contribution in [0.4, 0.5) is 0 Å². The summed E-state index contributed by atoms with van der Waals surface area (Å²) in [6.07, 6.45) is 20.3. The van der Waals surface area contributed by atoms with Crippen LogP contribution in [0.3, 0.4) is 0 Å². The summed E-state index contributed by atoms with van der Waals surface area (Å²) < 4.78 is 5.69. The van der Waals surface area contributed by atoms with Gasteiger partial charge in [0, 0.05) is 35.2 Å². The standard InChI is InChI=1S/C29H45NO2S/c1-4-5-6-7-8-10-18-28(33-27-16-11-9-12-17-27)21-19-25-14-13-15-26-20-22-29(32-24(3)31)23(2)30(25)26/h9,11-12,16-17,19,21,23,25-26,28-29H,4-8,10,13-15,18,20,22H2,1-3H3/b21-19+/t23-,25-,26-,28?,29+/m0/s1. The minimum Gasteiger partial charge on any atom is -0.461 e. The highest BCUT2D eigenvalue weighted by Crippen LogP contribution is 2.36. The Morgan fingerprint density at radius 1 is 1.09 bits per heavy atom. The molecule has 1 aromatic carbocycles. The van der Waals surface area contributed by atoms with E-state index >= 15 is 0 Å². The van der Waals surface area contributed by atoms with Gasteiger partial charge >= 0.3 is 5.97 Å². The third-order valence-corrected chi connectivity index (χ3v) is 8.61. The molecule has 184 valence electrons. The molecule has 0 aromatic heterocycles. The molecule has 2 aliphatic heterocycles. The molecule has 3 rings (SSSR count). The van der Waals surface area contributed by atoms with E-state index in [4.69, 9.17) is 4.74 Å². The number of unbranched alkanes of at least 4 members (excludes halogenated alkanes) is 5. The average Bonchev–Trinajstić information content (AvgIpc) is 2.81. The van der Waals surface area contributed by atoms with Crippen molar-refractivity contribution in [2.75, 3.05) is 0 Å². The Kier molecular flexibility index (Phi) is 11.3. The monoisotopic (exact) mass is 471 g/mol. The van der Waals surface area contributed by atoms with Gasteiger partial charge in [-0.05, 0) is 51.2 Å². The predicted molar refractivity (Wildman–Crippen MR) is 141 cm³/mol. The summed E-state index contributed by atoms with van der Waals surface area (Å²) in [5, 5.41) is 0.517. The molecule has 2 heterocycles. The van der Waals surface area contributed by atoms with Crippen molar-refractivity contribution in [1.29, 1.82) is 0 Å². The Balaban J connectivity index is 1.64. The summed E-state index contributed by atoms with van der Waals surface area (Å²) >= 11 is 2.01. The number of benzene rings is 1. The van der Waals surface area contributed by atoms with Gasteiger partial charge in [0.2, 0.25) is 0 Å². The number of carbonyl (C=O) groups is 1. The van der Waals surface area contributed by atoms with Gasteiger partial charge in [-0.25, -0.2) is 0 Å². The van der Waals surface area contributed by atoms with E-state index in [9.17, 15) is 4.79 Å². The van der Waals surface area contributed by atoms with E-state index in [1.807, 2.05) is 11.8 Å². The predicted octanol–water partition coefficient (Wildman–Crippen LogP) is 7.79. The maximum Gasteiger partial charge on any atom is 0.302 e. The molecule has 0 amide bonds. The summed E-state index contributed by atoms with van der Waals surface area (Å²) in [6.45, 7) is 6.09. The topological polar surface area (TPSA) is 29.5 Å². The fourth-order valence-corrected chi connectivity index (χ4v) is 6.78. The lowest BCUT2D eigenvalue weighted by Gasteiger charge is -2.50. The van der Waals surface area contributed by atoms with Crippen molar-refractivity contribution in [3.05, 3.63) is 42.5 Å². The SMILES string of the molecule is CCCCCCCCC(/C=C/[C@@H]1CCC[C@H]2CC[C@@H](OC(C)=O)[C@H](C)N21)Sc1ccccc1. The molecule has 3 nitrogen and oxygen atoms in total. The molecule has 0 saturated carbocycles. The molecular formula is C29H45NO2S. The Hall–Kier alpha value is -1.26. The van der Waals surface area contributed by atoms with Crippen LogP contribution >= 0.6 is 11.8 Å². The Labute approximate surface area is 206 Å². The number of piperidine rings is 2. The molecule has 4 heteroatoms. The van der Waals surface area contributed by atoms with Crippen molar-refractivity contribution in [2.24, 2.45) is 0 Å². The molecule has 2 fully saturated rings. The summed E-state index contributed by atoms with van der Waals surface area (Å²) in [5.41, 5.74) is 0. The lowest BCUT2D eigenvalue weighted by Crippen LogP contribution is -2.58. The summed E-state index contributed by atoms with van der Waals surface area (Å²) in [7, 11) is 0. The maximum absolute atomic E-state index is 11.6. The first kappa shape index (κ1) is 26.3. The second-order valence-corrected chi connectivity index (χ2v) is 11.3. The van der Waals surface area contributed by atoms with Crippen LogP contribution in [0.1, 0.15) is 97.8 Å². The van der Waals surface area contributed by atoms with Crippen LogP contribution in [0.25, 0.3) is 0 Å². The van der Waals surface area contributed by atoms with Gasteiger partial charge in [0.1, 0.15) is 6.10 Å². The second kappa shape index (κ2) is 14.2. The lowest BCUT2D eigenvalue weighted by molar-refractivity contribution is -0.155. The van der Waals surface area contributed by atoms with E-state index in [-0.39, 0.29) is 12.1 Å². The van der Waals surface area contributed by atoms with E-state index < -0.39 is 0 Å². The lowest BCUT2D eigenvalue weighted by atomic mass is 9.84. The van der Waals surface area contributed by atoms with Gasteiger partial charge in [-0.2, -0.15) is 0 Å². The first-order valence-electron chi connectivity index (χ1n) is 13.4. The number of nitrogens with zero attached hydrogens (tertiary/aromatic N) is 1. The molecule has 0 bridgehead atoms. The second-order valence-electron chi connectivity index (χ2n) is 9.98. The minimum absolute atomic E-state index is 0.0327. The van der Waals surface area contributed by atoms with Crippen molar-refractivity contribution >= 4 is 17.7 Å². The zero-order valence-electron chi connectivity index (χ0n) is 21.1. The third kappa shape index (κ3) is 8.47. The van der Waals surface area contributed by atoms with E-state index in [0.717, 1.165) is 12.8 Å². The van der Waals surface area contributed by atoms with Gasteiger partial charge in [0.25, 0.3) is 0 Å². The summed E-state index contributed by atoms with van der Waals surface area (Å²) in [6, 6.07) is 12.2. The van der Waals surface area contributed by atoms with E-state index in [0.29, 0.717) is 23.4 Å². The van der Waals surface area contributed by atoms with Crippen molar-refractivity contribution in [1.82, 2.24) is 4.90 Å².